The Morgan fingerprint density at radius 1 is 1.07 bits per heavy atom. The summed E-state index contributed by atoms with van der Waals surface area (Å²) in [5.41, 5.74) is -0.399. The van der Waals surface area contributed by atoms with Crippen LogP contribution in [0.25, 0.3) is 0 Å². The zero-order chi connectivity index (χ0) is 29.9. The van der Waals surface area contributed by atoms with Gasteiger partial charge in [0.1, 0.15) is 29.8 Å². The molecule has 226 valence electrons. The minimum absolute atomic E-state index is 0.0487. The van der Waals surface area contributed by atoms with Crippen molar-refractivity contribution in [3.05, 3.63) is 58.6 Å². The summed E-state index contributed by atoms with van der Waals surface area (Å²) < 4.78 is 12.9. The van der Waals surface area contributed by atoms with Crippen LogP contribution in [-0.2, 0) is 35.2 Å². The minimum Gasteiger partial charge on any atom is -0.460 e. The van der Waals surface area contributed by atoms with E-state index in [1.54, 1.807) is 22.8 Å². The van der Waals surface area contributed by atoms with Crippen molar-refractivity contribution in [1.29, 1.82) is 0 Å². The number of hydrogen-bond donors (Lipinski definition) is 2. The van der Waals surface area contributed by atoms with E-state index in [0.29, 0.717) is 43.3 Å². The molecule has 2 fully saturated rings. The Morgan fingerprint density at radius 3 is 2.62 bits per heavy atom. The molecule has 0 saturated carbocycles. The highest BCUT2D eigenvalue weighted by molar-refractivity contribution is 9.11. The molecule has 1 aromatic rings. The number of esters is 1. The number of aliphatic hydroxyl groups excluding tert-OH is 1. The average molecular weight is 645 g/mol. The van der Waals surface area contributed by atoms with Crippen molar-refractivity contribution in [1.82, 2.24) is 15.1 Å². The summed E-state index contributed by atoms with van der Waals surface area (Å²) in [6.07, 6.45) is 6.82. The van der Waals surface area contributed by atoms with Gasteiger partial charge in [0, 0.05) is 37.1 Å². The zero-order valence-corrected chi connectivity index (χ0v) is 25.3. The van der Waals surface area contributed by atoms with Crippen molar-refractivity contribution >= 4 is 39.6 Å². The standard InChI is InChI=1S/C31H38BrN3O7/c1-20-18-33-23(37)13-7-3-8-14-34(19-21-11-5-2-6-12-21)29(39)27-31-17-22(32)26(42-31)24(30(40)41-20)25(31)28(38)35(27)15-9-4-10-16-36/h2-3,5-6,8,11-12,17,20,24-27,36H,4,7,9-10,13-16,18-19H2,1H3,(H,33,37)/b8-3-/t20-,24+,25-,26+,27+,31-/m0/s1. The summed E-state index contributed by atoms with van der Waals surface area (Å²) in [5.74, 6) is -3.20. The fourth-order valence-corrected chi connectivity index (χ4v) is 7.22. The van der Waals surface area contributed by atoms with E-state index in [2.05, 4.69) is 21.2 Å². The fraction of sp³-hybridized carbons (Fsp3) is 0.548. The highest BCUT2D eigenvalue weighted by atomic mass is 79.9. The molecule has 4 aliphatic rings. The Labute approximate surface area is 254 Å². The first-order valence-electron chi connectivity index (χ1n) is 14.7. The molecule has 0 aromatic heterocycles. The number of unbranched alkanes of at least 4 members (excludes halogenated alkanes) is 2. The van der Waals surface area contributed by atoms with Crippen molar-refractivity contribution in [3.8, 4) is 0 Å². The lowest BCUT2D eigenvalue weighted by atomic mass is 9.74. The predicted octanol–water partition coefficient (Wildman–Crippen LogP) is 2.45. The van der Waals surface area contributed by atoms with Crippen LogP contribution < -0.4 is 5.32 Å². The van der Waals surface area contributed by atoms with E-state index in [1.165, 1.54) is 0 Å². The van der Waals surface area contributed by atoms with Gasteiger partial charge in [-0.2, -0.15) is 0 Å². The summed E-state index contributed by atoms with van der Waals surface area (Å²) in [6, 6.07) is 8.64. The van der Waals surface area contributed by atoms with E-state index >= 15 is 0 Å². The van der Waals surface area contributed by atoms with Crippen LogP contribution in [0.4, 0.5) is 0 Å². The number of benzene rings is 1. The van der Waals surface area contributed by atoms with Crippen LogP contribution in [0.3, 0.4) is 0 Å². The van der Waals surface area contributed by atoms with Crippen LogP contribution in [0, 0.1) is 11.8 Å². The van der Waals surface area contributed by atoms with Gasteiger partial charge in [0.15, 0.2) is 0 Å². The molecule has 11 heteroatoms. The maximum Gasteiger partial charge on any atom is 0.313 e. The third-order valence-corrected chi connectivity index (χ3v) is 9.13. The second-order valence-electron chi connectivity index (χ2n) is 11.4. The van der Waals surface area contributed by atoms with Crippen molar-refractivity contribution in [3.63, 3.8) is 0 Å². The van der Waals surface area contributed by atoms with Gasteiger partial charge < -0.3 is 29.7 Å². The van der Waals surface area contributed by atoms with Gasteiger partial charge in [-0.3, -0.25) is 19.2 Å². The van der Waals surface area contributed by atoms with E-state index in [1.807, 2.05) is 42.5 Å². The molecule has 2 N–H and O–H groups in total. The first-order chi connectivity index (χ1) is 20.3. The monoisotopic (exact) mass is 643 g/mol. The Kier molecular flexibility index (Phi) is 9.49. The van der Waals surface area contributed by atoms with E-state index in [0.717, 1.165) is 5.56 Å². The molecule has 6 atom stereocenters. The van der Waals surface area contributed by atoms with Crippen LogP contribution >= 0.6 is 15.9 Å². The number of ether oxygens (including phenoxy) is 2. The predicted molar refractivity (Wildman–Crippen MR) is 157 cm³/mol. The number of amides is 3. The smallest absolute Gasteiger partial charge is 0.313 e. The topological polar surface area (TPSA) is 125 Å². The first kappa shape index (κ1) is 30.4. The van der Waals surface area contributed by atoms with Gasteiger partial charge >= 0.3 is 5.97 Å². The molecule has 4 heterocycles. The Morgan fingerprint density at radius 2 is 1.86 bits per heavy atom. The van der Waals surface area contributed by atoms with E-state index in [4.69, 9.17) is 9.47 Å². The molecule has 0 aliphatic carbocycles. The second-order valence-corrected chi connectivity index (χ2v) is 12.3. The maximum absolute atomic E-state index is 14.6. The largest absolute Gasteiger partial charge is 0.460 e. The molecule has 0 radical (unpaired) electrons. The van der Waals surface area contributed by atoms with E-state index in [9.17, 15) is 24.3 Å². The molecular formula is C31H38BrN3O7. The average Bonchev–Trinajstić information content (AvgIpc) is 3.56. The minimum atomic E-state index is -1.33. The molecule has 42 heavy (non-hydrogen) atoms. The zero-order valence-electron chi connectivity index (χ0n) is 23.7. The van der Waals surface area contributed by atoms with Crippen molar-refractivity contribution < 1.29 is 33.8 Å². The van der Waals surface area contributed by atoms with Crippen LogP contribution in [-0.4, -0.2) is 88.7 Å². The summed E-state index contributed by atoms with van der Waals surface area (Å²) in [6.45, 7) is 2.77. The summed E-state index contributed by atoms with van der Waals surface area (Å²) >= 11 is 3.56. The molecule has 4 aliphatic heterocycles. The van der Waals surface area contributed by atoms with Gasteiger partial charge in [0.2, 0.25) is 17.7 Å². The summed E-state index contributed by atoms with van der Waals surface area (Å²) in [4.78, 5) is 58.0. The van der Waals surface area contributed by atoms with Gasteiger partial charge in [0.25, 0.3) is 0 Å². The van der Waals surface area contributed by atoms with E-state index < -0.39 is 41.7 Å². The second kappa shape index (κ2) is 13.1. The number of carbonyl (C=O) groups excluding carboxylic acids is 4. The number of carbonyl (C=O) groups is 4. The lowest BCUT2D eigenvalue weighted by Crippen LogP contribution is -2.55. The van der Waals surface area contributed by atoms with Crippen LogP contribution in [0.1, 0.15) is 44.6 Å². The number of fused-ring (bicyclic) bond motifs is 2. The number of halogens is 1. The molecule has 3 amide bonds. The maximum atomic E-state index is 14.6. The van der Waals surface area contributed by atoms with Crippen molar-refractivity contribution in [2.75, 3.05) is 26.2 Å². The highest BCUT2D eigenvalue weighted by Gasteiger charge is 2.74. The molecular weight excluding hydrogens is 606 g/mol. The fourth-order valence-electron chi connectivity index (χ4n) is 6.48. The first-order valence-corrected chi connectivity index (χ1v) is 15.5. The van der Waals surface area contributed by atoms with Gasteiger partial charge in [-0.15, -0.1) is 0 Å². The molecule has 5 bridgehead atoms. The quantitative estimate of drug-likeness (QED) is 0.266. The lowest BCUT2D eigenvalue weighted by molar-refractivity contribution is -0.158. The van der Waals surface area contributed by atoms with E-state index in [-0.39, 0.29) is 43.8 Å². The molecule has 1 spiro atoms. The number of aliphatic hydroxyl groups is 1. The number of cyclic esters (lactones) is 1. The number of nitrogens with one attached hydrogen (secondary N) is 1. The molecule has 5 rings (SSSR count). The van der Waals surface area contributed by atoms with Gasteiger partial charge in [-0.1, -0.05) is 58.4 Å². The van der Waals surface area contributed by atoms with Crippen molar-refractivity contribution in [2.45, 2.75) is 69.4 Å². The third kappa shape index (κ3) is 5.91. The van der Waals surface area contributed by atoms with Crippen molar-refractivity contribution in [2.24, 2.45) is 11.8 Å². The number of hydrogen-bond acceptors (Lipinski definition) is 7. The van der Waals surface area contributed by atoms with Crippen LogP contribution in [0.15, 0.2) is 53.0 Å². The van der Waals surface area contributed by atoms with Crippen LogP contribution in [0.2, 0.25) is 0 Å². The van der Waals surface area contributed by atoms with Gasteiger partial charge in [-0.25, -0.2) is 0 Å². The number of nitrogens with zero attached hydrogens (tertiary/aromatic N) is 2. The highest BCUT2D eigenvalue weighted by Crippen LogP contribution is 2.59. The molecule has 2 saturated heterocycles. The van der Waals surface area contributed by atoms with Gasteiger partial charge in [0.05, 0.1) is 12.5 Å². The summed E-state index contributed by atoms with van der Waals surface area (Å²) in [7, 11) is 0. The SMILES string of the molecule is C[C@H]1CNC(=O)CC/C=C\CN(Cc2ccccc2)C(=O)[C@H]2N(CCCCCO)C(=O)[C@@H]3[C@@H](C(=O)O1)[C@@H]1O[C@@]32C=C1Br. The third-order valence-electron chi connectivity index (χ3n) is 8.45. The number of rotatable bonds is 7. The Hall–Kier alpha value is -3.02. The Bertz CT molecular complexity index is 1250. The molecule has 10 nitrogen and oxygen atoms in total. The molecule has 0 unspecified atom stereocenters. The number of likely N-dealkylation sites (tertiary alicyclic amines) is 1. The lowest BCUT2D eigenvalue weighted by Gasteiger charge is -2.36. The normalized spacial score (nSPS) is 32.5. The van der Waals surface area contributed by atoms with Gasteiger partial charge in [-0.05, 0) is 44.2 Å². The molecule has 1 aromatic carbocycles. The van der Waals surface area contributed by atoms with Crippen LogP contribution in [0.5, 0.6) is 0 Å². The number of allylic oxidation sites excluding steroid dienone is 1. The Balaban J connectivity index is 1.55. The summed E-state index contributed by atoms with van der Waals surface area (Å²) in [5, 5.41) is 12.1.